The van der Waals surface area contributed by atoms with E-state index in [9.17, 15) is 9.59 Å². The summed E-state index contributed by atoms with van der Waals surface area (Å²) in [6, 6.07) is 0.118. The van der Waals surface area contributed by atoms with Crippen molar-refractivity contribution < 1.29 is 9.59 Å². The minimum atomic E-state index is -0.212. The summed E-state index contributed by atoms with van der Waals surface area (Å²) in [5.41, 5.74) is 0. The summed E-state index contributed by atoms with van der Waals surface area (Å²) in [6.45, 7) is 9.17. The van der Waals surface area contributed by atoms with Crippen LogP contribution >= 0.6 is 0 Å². The standard InChI is InChI=1S/C15H24N2O2/c1-11(2)15(19)17-9-7-13(8-10-17)5-6-14(18)16-12(3)4/h11-13H,7-10H2,1-4H3,(H,16,18). The lowest BCUT2D eigenvalue weighted by molar-refractivity contribution is -0.135. The first kappa shape index (κ1) is 15.6. The van der Waals surface area contributed by atoms with Crippen LogP contribution in [0.2, 0.25) is 0 Å². The van der Waals surface area contributed by atoms with Crippen molar-refractivity contribution in [3.8, 4) is 11.8 Å². The summed E-state index contributed by atoms with van der Waals surface area (Å²) in [7, 11) is 0. The van der Waals surface area contributed by atoms with Crippen LogP contribution < -0.4 is 5.32 Å². The molecule has 1 aliphatic rings. The van der Waals surface area contributed by atoms with Crippen LogP contribution in [0.15, 0.2) is 0 Å². The fourth-order valence-electron chi connectivity index (χ4n) is 2.08. The molecule has 1 rings (SSSR count). The number of piperidine rings is 1. The van der Waals surface area contributed by atoms with Crippen molar-refractivity contribution in [3.63, 3.8) is 0 Å². The molecule has 0 saturated carbocycles. The molecule has 0 bridgehead atoms. The van der Waals surface area contributed by atoms with Crippen molar-refractivity contribution in [1.29, 1.82) is 0 Å². The Hall–Kier alpha value is -1.50. The summed E-state index contributed by atoms with van der Waals surface area (Å²) >= 11 is 0. The zero-order valence-electron chi connectivity index (χ0n) is 12.3. The second kappa shape index (κ2) is 7.18. The van der Waals surface area contributed by atoms with E-state index in [1.54, 1.807) is 0 Å². The third-order valence-corrected chi connectivity index (χ3v) is 3.11. The SMILES string of the molecule is CC(C)NC(=O)C#CC1CCN(C(=O)C(C)C)CC1. The van der Waals surface area contributed by atoms with E-state index in [4.69, 9.17) is 0 Å². The number of rotatable bonds is 2. The van der Waals surface area contributed by atoms with Crippen LogP contribution in [0.3, 0.4) is 0 Å². The van der Waals surface area contributed by atoms with Gasteiger partial charge in [0.1, 0.15) is 0 Å². The predicted octanol–water partition coefficient (Wildman–Crippen LogP) is 1.41. The van der Waals surface area contributed by atoms with Crippen molar-refractivity contribution in [3.05, 3.63) is 0 Å². The highest BCUT2D eigenvalue weighted by molar-refractivity contribution is 5.93. The summed E-state index contributed by atoms with van der Waals surface area (Å²) in [5, 5.41) is 2.75. The van der Waals surface area contributed by atoms with E-state index in [2.05, 4.69) is 17.2 Å². The first-order valence-electron chi connectivity index (χ1n) is 7.01. The summed E-state index contributed by atoms with van der Waals surface area (Å²) < 4.78 is 0. The zero-order chi connectivity index (χ0) is 14.4. The lowest BCUT2D eigenvalue weighted by Crippen LogP contribution is -2.40. The number of likely N-dealkylation sites (tertiary alicyclic amines) is 1. The van der Waals surface area contributed by atoms with E-state index >= 15 is 0 Å². The van der Waals surface area contributed by atoms with Gasteiger partial charge >= 0.3 is 0 Å². The van der Waals surface area contributed by atoms with E-state index in [1.807, 2.05) is 32.6 Å². The average molecular weight is 264 g/mol. The third kappa shape index (κ3) is 5.34. The molecule has 0 spiro atoms. The Labute approximate surface area is 115 Å². The summed E-state index contributed by atoms with van der Waals surface area (Å²) in [4.78, 5) is 25.1. The second-order valence-corrected chi connectivity index (χ2v) is 5.65. The normalized spacial score (nSPS) is 16.2. The minimum absolute atomic E-state index is 0.0550. The van der Waals surface area contributed by atoms with Crippen LogP contribution in [-0.2, 0) is 9.59 Å². The van der Waals surface area contributed by atoms with Gasteiger partial charge in [-0.15, -0.1) is 0 Å². The molecule has 2 amide bonds. The fourth-order valence-corrected chi connectivity index (χ4v) is 2.08. The summed E-state index contributed by atoms with van der Waals surface area (Å²) in [5.74, 6) is 5.95. The third-order valence-electron chi connectivity index (χ3n) is 3.11. The van der Waals surface area contributed by atoms with Gasteiger partial charge in [0, 0.05) is 31.0 Å². The van der Waals surface area contributed by atoms with Crippen LogP contribution in [-0.4, -0.2) is 35.8 Å². The highest BCUT2D eigenvalue weighted by Gasteiger charge is 2.23. The molecule has 1 N–H and O–H groups in total. The van der Waals surface area contributed by atoms with Crippen molar-refractivity contribution in [2.45, 2.75) is 46.6 Å². The van der Waals surface area contributed by atoms with Gasteiger partial charge in [-0.1, -0.05) is 19.8 Å². The van der Waals surface area contributed by atoms with E-state index in [0.717, 1.165) is 25.9 Å². The van der Waals surface area contributed by atoms with E-state index in [1.165, 1.54) is 0 Å². The summed E-state index contributed by atoms with van der Waals surface area (Å²) in [6.07, 6.45) is 1.72. The van der Waals surface area contributed by atoms with Crippen LogP contribution in [0.5, 0.6) is 0 Å². The number of amides is 2. The van der Waals surface area contributed by atoms with E-state index < -0.39 is 0 Å². The first-order valence-corrected chi connectivity index (χ1v) is 7.01. The van der Waals surface area contributed by atoms with Gasteiger partial charge in [0.15, 0.2) is 0 Å². The maximum absolute atomic E-state index is 11.8. The van der Waals surface area contributed by atoms with Crippen molar-refractivity contribution in [2.75, 3.05) is 13.1 Å². The molecular formula is C15H24N2O2. The van der Waals surface area contributed by atoms with Gasteiger partial charge in [-0.05, 0) is 32.6 Å². The Morgan fingerprint density at radius 1 is 1.16 bits per heavy atom. The Balaban J connectivity index is 2.41. The molecule has 0 aromatic rings. The number of hydrogen-bond acceptors (Lipinski definition) is 2. The Morgan fingerprint density at radius 2 is 1.74 bits per heavy atom. The van der Waals surface area contributed by atoms with Gasteiger partial charge in [0.05, 0.1) is 0 Å². The molecule has 0 unspecified atom stereocenters. The second-order valence-electron chi connectivity index (χ2n) is 5.65. The van der Waals surface area contributed by atoms with Gasteiger partial charge in [-0.3, -0.25) is 9.59 Å². The number of carbonyl (C=O) groups is 2. The topological polar surface area (TPSA) is 49.4 Å². The molecule has 1 fully saturated rings. The van der Waals surface area contributed by atoms with Gasteiger partial charge < -0.3 is 10.2 Å². The van der Waals surface area contributed by atoms with Crippen LogP contribution in [0, 0.1) is 23.7 Å². The monoisotopic (exact) mass is 264 g/mol. The molecule has 1 saturated heterocycles. The zero-order valence-corrected chi connectivity index (χ0v) is 12.3. The highest BCUT2D eigenvalue weighted by atomic mass is 16.2. The smallest absolute Gasteiger partial charge is 0.296 e. The molecule has 0 aromatic carbocycles. The van der Waals surface area contributed by atoms with Gasteiger partial charge in [-0.2, -0.15) is 0 Å². The molecule has 4 heteroatoms. The van der Waals surface area contributed by atoms with Crippen molar-refractivity contribution in [2.24, 2.45) is 11.8 Å². The Morgan fingerprint density at radius 3 is 2.21 bits per heavy atom. The lowest BCUT2D eigenvalue weighted by atomic mass is 9.96. The maximum atomic E-state index is 11.8. The molecule has 0 aromatic heterocycles. The Bertz CT molecular complexity index is 383. The lowest BCUT2D eigenvalue weighted by Gasteiger charge is -2.31. The predicted molar refractivity (Wildman–Crippen MR) is 75.2 cm³/mol. The first-order chi connectivity index (χ1) is 8.90. The number of nitrogens with zero attached hydrogens (tertiary/aromatic N) is 1. The maximum Gasteiger partial charge on any atom is 0.296 e. The van der Waals surface area contributed by atoms with Gasteiger partial charge in [-0.25, -0.2) is 0 Å². The van der Waals surface area contributed by atoms with Gasteiger partial charge in [0.2, 0.25) is 5.91 Å². The van der Waals surface area contributed by atoms with Crippen LogP contribution in [0.4, 0.5) is 0 Å². The quantitative estimate of drug-likeness (QED) is 0.767. The molecular weight excluding hydrogens is 240 g/mol. The molecule has 0 aliphatic carbocycles. The Kier molecular flexibility index (Phi) is 5.88. The highest BCUT2D eigenvalue weighted by Crippen LogP contribution is 2.17. The average Bonchev–Trinajstić information content (AvgIpc) is 2.35. The number of hydrogen-bond donors (Lipinski definition) is 1. The molecule has 1 aliphatic heterocycles. The molecule has 106 valence electrons. The van der Waals surface area contributed by atoms with Crippen molar-refractivity contribution >= 4 is 11.8 Å². The minimum Gasteiger partial charge on any atom is -0.343 e. The van der Waals surface area contributed by atoms with E-state index in [0.29, 0.717) is 0 Å². The number of nitrogens with one attached hydrogen (secondary N) is 1. The molecule has 4 nitrogen and oxygen atoms in total. The van der Waals surface area contributed by atoms with Crippen molar-refractivity contribution in [1.82, 2.24) is 10.2 Å². The molecule has 19 heavy (non-hydrogen) atoms. The van der Waals surface area contributed by atoms with E-state index in [-0.39, 0.29) is 29.7 Å². The fraction of sp³-hybridized carbons (Fsp3) is 0.733. The molecule has 0 radical (unpaired) electrons. The molecule has 0 atom stereocenters. The molecule has 1 heterocycles. The van der Waals surface area contributed by atoms with Crippen LogP contribution in [0.25, 0.3) is 0 Å². The number of carbonyl (C=O) groups excluding carboxylic acids is 2. The largest absolute Gasteiger partial charge is 0.343 e. The van der Waals surface area contributed by atoms with Crippen LogP contribution in [0.1, 0.15) is 40.5 Å². The van der Waals surface area contributed by atoms with Gasteiger partial charge in [0.25, 0.3) is 5.91 Å².